The predicted octanol–water partition coefficient (Wildman–Crippen LogP) is 8.87. The highest BCUT2D eigenvalue weighted by molar-refractivity contribution is 7.86. The van der Waals surface area contributed by atoms with Crippen molar-refractivity contribution in [1.29, 1.82) is 0 Å². The summed E-state index contributed by atoms with van der Waals surface area (Å²) in [6.45, 7) is 8.70. The number of aliphatic hydroxyl groups excluding tert-OH is 1. The third kappa shape index (κ3) is 9.00. The number of rotatable bonds is 6. The fraction of sp³-hybridized carbons (Fsp3) is 0.250. The Kier molecular flexibility index (Phi) is 14.8. The molecule has 2 aliphatic heterocycles. The van der Waals surface area contributed by atoms with Crippen molar-refractivity contribution in [2.24, 2.45) is 0 Å². The number of para-hydroxylation sites is 4. The summed E-state index contributed by atoms with van der Waals surface area (Å²) in [5.74, 6) is 0. The second kappa shape index (κ2) is 18.2. The molecule has 2 saturated heterocycles. The molecule has 4 aromatic rings. The molecule has 10 heteroatoms. The number of nitrogens with zero attached hydrogens (tertiary/aromatic N) is 4. The molecule has 0 saturated carbocycles. The second-order valence-electron chi connectivity index (χ2n) is 9.06. The lowest BCUT2D eigenvalue weighted by Gasteiger charge is -2.30. The summed E-state index contributed by atoms with van der Waals surface area (Å²) in [6.07, 6.45) is 0. The average molecular weight is 643 g/mol. The Hall–Kier alpha value is -2.50. The molecule has 6 rings (SSSR count). The first-order chi connectivity index (χ1) is 20.2. The lowest BCUT2D eigenvalue weighted by atomic mass is 10.3. The zero-order valence-corrected chi connectivity index (χ0v) is 27.8. The van der Waals surface area contributed by atoms with Crippen LogP contribution in [-0.2, 0) is 4.52 Å². The molecule has 1 N–H and O–H groups in total. The molecule has 0 spiro atoms. The van der Waals surface area contributed by atoms with Gasteiger partial charge in [-0.05, 0) is 73.6 Å². The summed E-state index contributed by atoms with van der Waals surface area (Å²) < 4.78 is 15.4. The van der Waals surface area contributed by atoms with E-state index in [-0.39, 0.29) is 20.1 Å². The number of anilines is 4. The minimum absolute atomic E-state index is 0. The van der Waals surface area contributed by atoms with E-state index in [0.717, 1.165) is 32.8 Å². The summed E-state index contributed by atoms with van der Waals surface area (Å²) in [5, 5.41) is 7.57. The quantitative estimate of drug-likeness (QED) is 0.212. The smallest absolute Gasteiger partial charge is 0.248 e. The Balaban J connectivity index is 0.000000207. The van der Waals surface area contributed by atoms with Gasteiger partial charge in [-0.25, -0.2) is 0 Å². The van der Waals surface area contributed by atoms with Crippen LogP contribution in [0.3, 0.4) is 0 Å². The van der Waals surface area contributed by atoms with Gasteiger partial charge in [0.2, 0.25) is 8.45 Å². The number of hydrogen-bond acceptors (Lipinski definition) is 6. The van der Waals surface area contributed by atoms with Crippen molar-refractivity contribution >= 4 is 63.5 Å². The summed E-state index contributed by atoms with van der Waals surface area (Å²) in [6, 6.07) is 41.8. The molecule has 2 aliphatic rings. The van der Waals surface area contributed by atoms with Gasteiger partial charge >= 0.3 is 0 Å². The van der Waals surface area contributed by atoms with E-state index in [1.807, 2.05) is 12.1 Å². The first kappa shape index (κ1) is 34.0. The molecule has 0 aromatic heterocycles. The lowest BCUT2D eigenvalue weighted by molar-refractivity contribution is 0.318. The van der Waals surface area contributed by atoms with Crippen LogP contribution in [0.1, 0.15) is 13.8 Å². The molecular weight excluding hydrogens is 602 g/mol. The molecule has 0 unspecified atom stereocenters. The maximum Gasteiger partial charge on any atom is 0.248 e. The van der Waals surface area contributed by atoms with E-state index in [1.54, 1.807) is 6.92 Å². The van der Waals surface area contributed by atoms with Crippen molar-refractivity contribution in [3.63, 3.8) is 0 Å². The highest BCUT2D eigenvalue weighted by Crippen LogP contribution is 2.56. The number of benzene rings is 4. The molecule has 4 aromatic carbocycles. The average Bonchev–Trinajstić information content (AvgIpc) is 3.63. The molecule has 6 nitrogen and oxygen atoms in total. The summed E-state index contributed by atoms with van der Waals surface area (Å²) in [7, 11) is -1.56. The molecule has 0 aliphatic carbocycles. The van der Waals surface area contributed by atoms with Crippen molar-refractivity contribution < 1.29 is 9.63 Å². The van der Waals surface area contributed by atoms with Gasteiger partial charge in [0.1, 0.15) is 0 Å². The highest BCUT2D eigenvalue weighted by atomic mass is 35.7. The Bertz CT molecular complexity index is 1170. The van der Waals surface area contributed by atoms with E-state index in [4.69, 9.17) is 20.9 Å². The van der Waals surface area contributed by atoms with Gasteiger partial charge in [-0.3, -0.25) is 0 Å². The van der Waals surface area contributed by atoms with Crippen LogP contribution in [0.5, 0.6) is 0 Å². The first-order valence-electron chi connectivity index (χ1n) is 14.0. The zero-order chi connectivity index (χ0) is 28.9. The van der Waals surface area contributed by atoms with Gasteiger partial charge in [-0.1, -0.05) is 72.8 Å². The van der Waals surface area contributed by atoms with Gasteiger partial charge in [0.05, 0.1) is 6.61 Å². The minimum atomic E-state index is -0.806. The van der Waals surface area contributed by atoms with E-state index in [1.165, 1.54) is 22.7 Å². The first-order valence-corrected chi connectivity index (χ1v) is 17.3. The molecule has 224 valence electrons. The molecule has 42 heavy (non-hydrogen) atoms. The Morgan fingerprint density at radius 3 is 1.12 bits per heavy atom. The number of aliphatic hydroxyl groups is 1. The van der Waals surface area contributed by atoms with Gasteiger partial charge < -0.3 is 28.3 Å². The molecule has 0 radical (unpaired) electrons. The SMILES string of the molecule is CCO.CCOP1N(c2ccccc2)CCN1c1ccccc1.ClP1N(c2ccccc2)CCN1c1ccccc1.S. The van der Waals surface area contributed by atoms with Crippen molar-refractivity contribution in [2.45, 2.75) is 13.8 Å². The molecule has 0 amide bonds. The van der Waals surface area contributed by atoms with Crippen LogP contribution in [0.2, 0.25) is 0 Å². The summed E-state index contributed by atoms with van der Waals surface area (Å²) >= 11 is 6.63. The van der Waals surface area contributed by atoms with Crippen molar-refractivity contribution in [1.82, 2.24) is 0 Å². The van der Waals surface area contributed by atoms with Gasteiger partial charge in [0, 0.05) is 55.5 Å². The standard InChI is InChI=1S/C16H19N2OP.C14H14ClN2P.C2H6O.H2S/c1-2-19-20-17(15-9-5-3-6-10-15)13-14-18(20)16-11-7-4-8-12-16;15-18-16(13-7-3-1-4-8-13)11-12-17(18)14-9-5-2-6-10-14;1-2-3;/h3-12H,2,13-14H2,1H3;1-10H,11-12H2;3H,2H2,1H3;1H2. The Morgan fingerprint density at radius 1 is 0.571 bits per heavy atom. The Morgan fingerprint density at radius 2 is 0.833 bits per heavy atom. The zero-order valence-electron chi connectivity index (χ0n) is 24.2. The Labute approximate surface area is 265 Å². The fourth-order valence-electron chi connectivity index (χ4n) is 4.54. The van der Waals surface area contributed by atoms with Gasteiger partial charge in [-0.2, -0.15) is 13.5 Å². The van der Waals surface area contributed by atoms with E-state index in [9.17, 15) is 0 Å². The van der Waals surface area contributed by atoms with Crippen molar-refractivity contribution in [3.05, 3.63) is 121 Å². The maximum atomic E-state index is 7.57. The van der Waals surface area contributed by atoms with E-state index in [0.29, 0.717) is 0 Å². The summed E-state index contributed by atoms with van der Waals surface area (Å²) in [4.78, 5) is 0. The maximum absolute atomic E-state index is 7.57. The van der Waals surface area contributed by atoms with Crippen LogP contribution in [-0.4, -0.2) is 44.5 Å². The minimum Gasteiger partial charge on any atom is -0.397 e. The topological polar surface area (TPSA) is 42.4 Å². The lowest BCUT2D eigenvalue weighted by Crippen LogP contribution is -2.16. The predicted molar refractivity (Wildman–Crippen MR) is 190 cm³/mol. The van der Waals surface area contributed by atoms with E-state index < -0.39 is 16.0 Å². The molecule has 0 bridgehead atoms. The third-order valence-electron chi connectivity index (χ3n) is 6.32. The number of halogens is 1. The molecule has 2 heterocycles. The van der Waals surface area contributed by atoms with Crippen molar-refractivity contribution in [2.75, 3.05) is 58.1 Å². The van der Waals surface area contributed by atoms with Crippen LogP contribution in [0, 0.1) is 0 Å². The largest absolute Gasteiger partial charge is 0.397 e. The van der Waals surface area contributed by atoms with E-state index in [2.05, 4.69) is 135 Å². The normalized spacial score (nSPS) is 15.0. The highest BCUT2D eigenvalue weighted by Gasteiger charge is 2.34. The number of hydrogen-bond donors (Lipinski definition) is 1. The van der Waals surface area contributed by atoms with Crippen LogP contribution < -0.4 is 18.7 Å². The van der Waals surface area contributed by atoms with Gasteiger partial charge in [0.25, 0.3) is 0 Å². The van der Waals surface area contributed by atoms with Gasteiger partial charge in [-0.15, -0.1) is 0 Å². The molecular formula is C32H41ClN4O2P2S. The second-order valence-corrected chi connectivity index (χ2v) is 13.1. The third-order valence-corrected chi connectivity index (χ3v) is 11.3. The van der Waals surface area contributed by atoms with Crippen LogP contribution in [0.15, 0.2) is 121 Å². The summed E-state index contributed by atoms with van der Waals surface area (Å²) in [5.41, 5.74) is 4.89. The van der Waals surface area contributed by atoms with Crippen LogP contribution in [0.4, 0.5) is 22.7 Å². The van der Waals surface area contributed by atoms with E-state index >= 15 is 0 Å². The molecule has 2 fully saturated rings. The molecule has 0 atom stereocenters. The fourth-order valence-corrected chi connectivity index (χ4v) is 8.88. The van der Waals surface area contributed by atoms with Crippen molar-refractivity contribution in [3.8, 4) is 0 Å². The van der Waals surface area contributed by atoms with Crippen LogP contribution >= 0.6 is 40.8 Å². The van der Waals surface area contributed by atoms with Gasteiger partial charge in [0.15, 0.2) is 7.58 Å². The monoisotopic (exact) mass is 642 g/mol. The van der Waals surface area contributed by atoms with Crippen LogP contribution in [0.25, 0.3) is 0 Å².